The molecule has 0 radical (unpaired) electrons. The van der Waals surface area contributed by atoms with Crippen molar-refractivity contribution in [1.82, 2.24) is 4.90 Å². The summed E-state index contributed by atoms with van der Waals surface area (Å²) >= 11 is 1.54. The first-order chi connectivity index (χ1) is 19.3. The zero-order valence-corrected chi connectivity index (χ0v) is 23.4. The van der Waals surface area contributed by atoms with Gasteiger partial charge in [-0.05, 0) is 65.6 Å². The summed E-state index contributed by atoms with van der Waals surface area (Å²) in [4.78, 5) is 16.4. The van der Waals surface area contributed by atoms with Crippen LogP contribution in [0, 0.1) is 0 Å². The summed E-state index contributed by atoms with van der Waals surface area (Å²) in [6.45, 7) is 1.90. The average Bonchev–Trinajstić information content (AvgIpc) is 3.44. The lowest BCUT2D eigenvalue weighted by Crippen LogP contribution is -2.44. The number of rotatable bonds is 7. The number of thiophene rings is 1. The maximum absolute atomic E-state index is 13.6. The number of nitrogens with zero attached hydrogens (tertiary/aromatic N) is 2. The van der Waals surface area contributed by atoms with Gasteiger partial charge in [0.1, 0.15) is 0 Å². The van der Waals surface area contributed by atoms with E-state index in [0.29, 0.717) is 47.8 Å². The number of methoxy groups -OCH3 is 3. The number of benzene rings is 2. The number of fused-ring (bicyclic) bond motifs is 1. The molecule has 13 heteroatoms. The molecule has 1 aliphatic rings. The highest BCUT2D eigenvalue weighted by molar-refractivity contribution is 7.07. The molecule has 222 valence electrons. The van der Waals surface area contributed by atoms with E-state index in [1.54, 1.807) is 23.5 Å². The van der Waals surface area contributed by atoms with Gasteiger partial charge in [0, 0.05) is 36.4 Å². The first-order valence-electron chi connectivity index (χ1n) is 12.4. The molecule has 0 bridgehead atoms. The fraction of sp³-hybridized carbons (Fsp3) is 0.393. The molecule has 41 heavy (non-hydrogen) atoms. The molecule has 0 N–H and O–H groups in total. The van der Waals surface area contributed by atoms with Gasteiger partial charge < -0.3 is 19.1 Å². The SMILES string of the molecule is COC(=O)N(Cc1cc(C(F)(F)F)cc(C(F)(F)F)c1)C1CC(C)N(Cc2ccsc2)c2cc(OC)c(OC)cc21. The number of anilines is 1. The topological polar surface area (TPSA) is 51.2 Å². The largest absolute Gasteiger partial charge is 0.493 e. The van der Waals surface area contributed by atoms with E-state index in [0.717, 1.165) is 17.6 Å². The van der Waals surface area contributed by atoms with Crippen LogP contribution in [0.4, 0.5) is 36.8 Å². The molecule has 0 fully saturated rings. The predicted octanol–water partition coefficient (Wildman–Crippen LogP) is 7.91. The van der Waals surface area contributed by atoms with Gasteiger partial charge in [-0.15, -0.1) is 0 Å². The minimum atomic E-state index is -5.02. The van der Waals surface area contributed by atoms with Crippen LogP contribution in [0.15, 0.2) is 47.2 Å². The second-order valence-electron chi connectivity index (χ2n) is 9.64. The number of amides is 1. The predicted molar refractivity (Wildman–Crippen MR) is 141 cm³/mol. The first kappa shape index (κ1) is 30.4. The third kappa shape index (κ3) is 6.50. The fourth-order valence-corrected chi connectivity index (χ4v) is 5.72. The van der Waals surface area contributed by atoms with Crippen molar-refractivity contribution in [2.75, 3.05) is 26.2 Å². The number of hydrogen-bond acceptors (Lipinski definition) is 6. The number of hydrogen-bond donors (Lipinski definition) is 0. The molecular formula is C28H28F6N2O4S. The summed E-state index contributed by atoms with van der Waals surface area (Å²) in [7, 11) is 4.02. The van der Waals surface area contributed by atoms with Gasteiger partial charge in [0.2, 0.25) is 0 Å². The van der Waals surface area contributed by atoms with Gasteiger partial charge in [-0.25, -0.2) is 4.79 Å². The molecule has 0 saturated heterocycles. The second-order valence-corrected chi connectivity index (χ2v) is 10.4. The Morgan fingerprint density at radius 2 is 1.56 bits per heavy atom. The van der Waals surface area contributed by atoms with Gasteiger partial charge in [0.05, 0.1) is 38.5 Å². The Kier molecular flexibility index (Phi) is 8.67. The molecule has 2 heterocycles. The van der Waals surface area contributed by atoms with Crippen molar-refractivity contribution >= 4 is 23.1 Å². The van der Waals surface area contributed by atoms with E-state index in [2.05, 4.69) is 4.90 Å². The van der Waals surface area contributed by atoms with Gasteiger partial charge in [-0.2, -0.15) is 37.7 Å². The van der Waals surface area contributed by atoms with E-state index < -0.39 is 42.2 Å². The molecule has 0 aliphatic carbocycles. The highest BCUT2D eigenvalue weighted by atomic mass is 32.1. The number of carbonyl (C=O) groups is 1. The van der Waals surface area contributed by atoms with Crippen LogP contribution in [-0.2, 0) is 30.2 Å². The standard InChI is InChI=1S/C28H28F6N2O4S/c1-16-7-22(21-11-24(38-2)25(39-3)12-23(21)35(16)13-17-5-6-41-15-17)36(26(37)40-4)14-18-8-19(27(29,30)31)10-20(9-18)28(32,33)34/h5-6,8-12,15-16,22H,7,13-14H2,1-4H3. The minimum absolute atomic E-state index is 0.0590. The van der Waals surface area contributed by atoms with Crippen LogP contribution in [0.3, 0.4) is 0 Å². The summed E-state index contributed by atoms with van der Waals surface area (Å²) in [6, 6.07) is 5.75. The Balaban J connectivity index is 1.84. The van der Waals surface area contributed by atoms with Gasteiger partial charge in [0.15, 0.2) is 11.5 Å². The van der Waals surface area contributed by atoms with Gasteiger partial charge in [0.25, 0.3) is 0 Å². The first-order valence-corrected chi connectivity index (χ1v) is 13.4. The smallest absolute Gasteiger partial charge is 0.416 e. The number of halogens is 6. The molecule has 1 aliphatic heterocycles. The molecule has 0 spiro atoms. The lowest BCUT2D eigenvalue weighted by molar-refractivity contribution is -0.143. The van der Waals surface area contributed by atoms with E-state index in [-0.39, 0.29) is 17.7 Å². The Morgan fingerprint density at radius 3 is 2.07 bits per heavy atom. The summed E-state index contributed by atoms with van der Waals surface area (Å²) in [5.41, 5.74) is -0.936. The zero-order valence-electron chi connectivity index (χ0n) is 22.6. The van der Waals surface area contributed by atoms with E-state index in [4.69, 9.17) is 14.2 Å². The summed E-state index contributed by atoms with van der Waals surface area (Å²) in [5.74, 6) is 0.774. The number of ether oxygens (including phenoxy) is 3. The molecule has 6 nitrogen and oxygen atoms in total. The van der Waals surface area contributed by atoms with Crippen LogP contribution >= 0.6 is 11.3 Å². The fourth-order valence-electron chi connectivity index (χ4n) is 5.06. The van der Waals surface area contributed by atoms with E-state index in [1.807, 2.05) is 23.8 Å². The Bertz CT molecular complexity index is 1340. The van der Waals surface area contributed by atoms with E-state index >= 15 is 0 Å². The molecule has 1 aromatic heterocycles. The molecule has 0 saturated carbocycles. The Hall–Kier alpha value is -3.61. The average molecular weight is 603 g/mol. The van der Waals surface area contributed by atoms with Crippen LogP contribution < -0.4 is 14.4 Å². The van der Waals surface area contributed by atoms with Crippen molar-refractivity contribution in [2.24, 2.45) is 0 Å². The van der Waals surface area contributed by atoms with E-state index in [9.17, 15) is 31.1 Å². The monoisotopic (exact) mass is 602 g/mol. The Labute approximate surface area is 237 Å². The lowest BCUT2D eigenvalue weighted by atomic mass is 9.89. The maximum atomic E-state index is 13.6. The summed E-state index contributed by atoms with van der Waals surface area (Å²) in [6.07, 6.45) is -10.6. The maximum Gasteiger partial charge on any atom is 0.416 e. The van der Waals surface area contributed by atoms with Gasteiger partial charge in [-0.3, -0.25) is 4.90 Å². The minimum Gasteiger partial charge on any atom is -0.493 e. The van der Waals surface area contributed by atoms with Crippen molar-refractivity contribution in [3.05, 3.63) is 75.0 Å². The quantitative estimate of drug-likeness (QED) is 0.257. The van der Waals surface area contributed by atoms with Crippen molar-refractivity contribution in [2.45, 2.75) is 50.9 Å². The Morgan fingerprint density at radius 1 is 0.951 bits per heavy atom. The molecule has 2 unspecified atom stereocenters. The molecule has 2 atom stereocenters. The molecule has 1 amide bonds. The lowest BCUT2D eigenvalue weighted by Gasteiger charge is -2.44. The van der Waals surface area contributed by atoms with Crippen molar-refractivity contribution in [3.8, 4) is 11.5 Å². The van der Waals surface area contributed by atoms with Gasteiger partial charge in [-0.1, -0.05) is 0 Å². The van der Waals surface area contributed by atoms with Crippen LogP contribution in [-0.4, -0.2) is 38.4 Å². The molecule has 4 rings (SSSR count). The number of alkyl halides is 6. The van der Waals surface area contributed by atoms with Crippen LogP contribution in [0.25, 0.3) is 0 Å². The third-order valence-corrected chi connectivity index (χ3v) is 7.75. The van der Waals surface area contributed by atoms with Crippen LogP contribution in [0.5, 0.6) is 11.5 Å². The molecule has 2 aromatic carbocycles. The highest BCUT2D eigenvalue weighted by Gasteiger charge is 2.40. The van der Waals surface area contributed by atoms with Gasteiger partial charge >= 0.3 is 18.4 Å². The summed E-state index contributed by atoms with van der Waals surface area (Å²) in [5, 5.41) is 3.96. The molecule has 3 aromatic rings. The normalized spacial score (nSPS) is 17.2. The number of carbonyl (C=O) groups excluding carboxylic acids is 1. The van der Waals surface area contributed by atoms with E-state index in [1.165, 1.54) is 14.2 Å². The molecular weight excluding hydrogens is 574 g/mol. The second kappa shape index (κ2) is 11.7. The summed E-state index contributed by atoms with van der Waals surface area (Å²) < 4.78 is 97.3. The van der Waals surface area contributed by atoms with Crippen molar-refractivity contribution < 1.29 is 45.3 Å². The zero-order chi connectivity index (χ0) is 30.1. The van der Waals surface area contributed by atoms with Crippen molar-refractivity contribution in [3.63, 3.8) is 0 Å². The highest BCUT2D eigenvalue weighted by Crippen LogP contribution is 2.47. The third-order valence-electron chi connectivity index (χ3n) is 7.02. The van der Waals surface area contributed by atoms with Crippen molar-refractivity contribution in [1.29, 1.82) is 0 Å². The van der Waals surface area contributed by atoms with Crippen LogP contribution in [0.2, 0.25) is 0 Å². The van der Waals surface area contributed by atoms with Crippen LogP contribution in [0.1, 0.15) is 47.2 Å².